The van der Waals surface area contributed by atoms with Gasteiger partial charge in [0.25, 0.3) is 6.33 Å². The second-order valence-corrected chi connectivity index (χ2v) is 12.4. The molecule has 0 radical (unpaired) electrons. The Labute approximate surface area is 145 Å². The average Bonchev–Trinajstić information content (AvgIpc) is 2.91. The van der Waals surface area contributed by atoms with Crippen LogP contribution in [0.15, 0.2) is 43.0 Å². The fourth-order valence-electron chi connectivity index (χ4n) is 2.03. The first-order valence-corrected chi connectivity index (χ1v) is 11.0. The lowest BCUT2D eigenvalue weighted by molar-refractivity contribution is -0.670. The topological polar surface area (TPSA) is 38.4 Å². The third kappa shape index (κ3) is 3.87. The first-order valence-electron chi connectivity index (χ1n) is 8.12. The van der Waals surface area contributed by atoms with E-state index in [1.54, 1.807) is 29.0 Å². The third-order valence-corrected chi connectivity index (χ3v) is 9.04. The highest BCUT2D eigenvalue weighted by atomic mass is 28.4. The van der Waals surface area contributed by atoms with Crippen LogP contribution in [-0.2, 0) is 7.05 Å². The summed E-state index contributed by atoms with van der Waals surface area (Å²) in [6.45, 7) is 11.1. The summed E-state index contributed by atoms with van der Waals surface area (Å²) in [6, 6.07) is 7.62. The van der Waals surface area contributed by atoms with Gasteiger partial charge < -0.3 is 4.43 Å². The van der Waals surface area contributed by atoms with Gasteiger partial charge in [-0.25, -0.2) is 9.36 Å². The van der Waals surface area contributed by atoms with Crippen LogP contribution in [0, 0.1) is 0 Å². The maximum atomic E-state index is 12.5. The Morgan fingerprint density at radius 1 is 1.21 bits per heavy atom. The van der Waals surface area contributed by atoms with Gasteiger partial charge in [0.1, 0.15) is 18.1 Å². The molecule has 0 saturated carbocycles. The quantitative estimate of drug-likeness (QED) is 0.626. The van der Waals surface area contributed by atoms with Crippen molar-refractivity contribution >= 4 is 20.0 Å². The summed E-state index contributed by atoms with van der Waals surface area (Å²) < 4.78 is 9.67. The molecule has 6 heteroatoms. The molecule has 2 rings (SSSR count). The van der Waals surface area contributed by atoms with E-state index in [9.17, 15) is 4.79 Å². The van der Waals surface area contributed by atoms with Gasteiger partial charge in [-0.05, 0) is 42.4 Å². The Kier molecular flexibility index (Phi) is 4.89. The number of amides is 1. The number of benzene rings is 1. The number of aromatic nitrogens is 2. The normalized spacial score (nSPS) is 12.1. The van der Waals surface area contributed by atoms with E-state index in [0.29, 0.717) is 0 Å². The predicted octanol–water partition coefficient (Wildman–Crippen LogP) is 3.80. The molecule has 1 heterocycles. The van der Waals surface area contributed by atoms with Gasteiger partial charge in [0.15, 0.2) is 0 Å². The van der Waals surface area contributed by atoms with Crippen molar-refractivity contribution in [3.8, 4) is 5.75 Å². The highest BCUT2D eigenvalue weighted by Gasteiger charge is 2.38. The smallest absolute Gasteiger partial charge is 0.419 e. The fraction of sp³-hybridized carbons (Fsp3) is 0.444. The van der Waals surface area contributed by atoms with Crippen molar-refractivity contribution in [2.45, 2.75) is 38.9 Å². The van der Waals surface area contributed by atoms with Crippen LogP contribution in [0.4, 0.5) is 10.5 Å². The van der Waals surface area contributed by atoms with Crippen LogP contribution in [-0.4, -0.2) is 26.0 Å². The lowest BCUT2D eigenvalue weighted by atomic mass is 10.2. The van der Waals surface area contributed by atoms with Gasteiger partial charge in [-0.15, -0.1) is 0 Å². The maximum Gasteiger partial charge on any atom is 0.419 e. The van der Waals surface area contributed by atoms with Gasteiger partial charge in [-0.2, -0.15) is 4.57 Å². The number of hydrogen-bond acceptors (Lipinski definition) is 2. The number of imidazole rings is 1. The van der Waals surface area contributed by atoms with Gasteiger partial charge in [-0.3, -0.25) is 4.90 Å². The summed E-state index contributed by atoms with van der Waals surface area (Å²) in [5.41, 5.74) is 0.832. The Morgan fingerprint density at radius 2 is 1.79 bits per heavy atom. The summed E-state index contributed by atoms with van der Waals surface area (Å²) >= 11 is 0. The van der Waals surface area contributed by atoms with Crippen molar-refractivity contribution in [3.63, 3.8) is 0 Å². The van der Waals surface area contributed by atoms with Crippen LogP contribution in [0.3, 0.4) is 0 Å². The highest BCUT2D eigenvalue weighted by molar-refractivity contribution is 6.74. The van der Waals surface area contributed by atoms with Crippen LogP contribution in [0.5, 0.6) is 5.75 Å². The predicted molar refractivity (Wildman–Crippen MR) is 99.1 cm³/mol. The zero-order valence-electron chi connectivity index (χ0n) is 15.7. The van der Waals surface area contributed by atoms with E-state index in [1.807, 2.05) is 42.1 Å². The Balaban J connectivity index is 2.13. The van der Waals surface area contributed by atoms with Gasteiger partial charge in [0, 0.05) is 12.7 Å². The second-order valence-electron chi connectivity index (χ2n) is 7.68. The molecule has 0 fully saturated rings. The van der Waals surface area contributed by atoms with Crippen molar-refractivity contribution in [1.29, 1.82) is 0 Å². The summed E-state index contributed by atoms with van der Waals surface area (Å²) in [5, 5.41) is 0.155. The van der Waals surface area contributed by atoms with Crippen molar-refractivity contribution in [3.05, 3.63) is 43.0 Å². The number of aryl methyl sites for hydroxylation is 1. The summed E-state index contributed by atoms with van der Waals surface area (Å²) in [6.07, 6.45) is 5.32. The molecule has 0 unspecified atom stereocenters. The first-order chi connectivity index (χ1) is 11.0. The molecule has 0 aliphatic carbocycles. The largest absolute Gasteiger partial charge is 0.544 e. The van der Waals surface area contributed by atoms with Crippen LogP contribution in [0.2, 0.25) is 18.1 Å². The molecule has 0 spiro atoms. The van der Waals surface area contributed by atoms with Crippen molar-refractivity contribution in [1.82, 2.24) is 4.57 Å². The summed E-state index contributed by atoms with van der Waals surface area (Å²) in [4.78, 5) is 14.1. The summed E-state index contributed by atoms with van der Waals surface area (Å²) in [5.74, 6) is 0.860. The lowest BCUT2D eigenvalue weighted by Crippen LogP contribution is -2.43. The molecule has 130 valence electrons. The maximum absolute atomic E-state index is 12.5. The van der Waals surface area contributed by atoms with Crippen LogP contribution in [0.25, 0.3) is 0 Å². The molecule has 1 amide bonds. The van der Waals surface area contributed by atoms with Crippen molar-refractivity contribution in [2.75, 3.05) is 11.9 Å². The molecule has 0 aliphatic rings. The number of nitrogens with zero attached hydrogens (tertiary/aromatic N) is 3. The minimum atomic E-state index is -1.85. The molecule has 0 atom stereocenters. The van der Waals surface area contributed by atoms with Crippen LogP contribution >= 0.6 is 0 Å². The summed E-state index contributed by atoms with van der Waals surface area (Å²) in [7, 11) is 1.81. The van der Waals surface area contributed by atoms with Gasteiger partial charge in [0.2, 0.25) is 8.32 Å². The third-order valence-electron chi connectivity index (χ3n) is 4.68. The average molecular weight is 347 g/mol. The molecule has 5 nitrogen and oxygen atoms in total. The number of rotatable bonds is 3. The zero-order chi connectivity index (χ0) is 18.1. The first kappa shape index (κ1) is 18.3. The van der Waals surface area contributed by atoms with Gasteiger partial charge in [0.05, 0.1) is 7.05 Å². The molecule has 0 saturated heterocycles. The van der Waals surface area contributed by atoms with E-state index >= 15 is 0 Å². The Morgan fingerprint density at radius 3 is 2.25 bits per heavy atom. The second kappa shape index (κ2) is 6.43. The molecular weight excluding hydrogens is 318 g/mol. The molecular formula is C18H28N3O2Si+. The van der Waals surface area contributed by atoms with Crippen molar-refractivity contribution < 1.29 is 13.8 Å². The number of carbonyl (C=O) groups excluding carboxylic acids is 1. The van der Waals surface area contributed by atoms with Crippen LogP contribution in [0.1, 0.15) is 20.8 Å². The van der Waals surface area contributed by atoms with Gasteiger partial charge in [-0.1, -0.05) is 20.8 Å². The van der Waals surface area contributed by atoms with E-state index in [0.717, 1.165) is 11.4 Å². The molecule has 24 heavy (non-hydrogen) atoms. The van der Waals surface area contributed by atoms with Gasteiger partial charge >= 0.3 is 6.03 Å². The van der Waals surface area contributed by atoms with E-state index < -0.39 is 8.32 Å². The lowest BCUT2D eigenvalue weighted by Gasteiger charge is -2.36. The number of anilines is 1. The standard InChI is InChI=1S/C18H28N3O2Si/c1-18(2,3)24(6,7)23-16-10-8-15(9-11-16)20(5)17(22)21-13-12-19(4)14-21/h8-14H,1-7H3/q+1. The molecule has 1 aromatic carbocycles. The Hall–Kier alpha value is -2.08. The molecule has 0 bridgehead atoms. The molecule has 0 aliphatic heterocycles. The van der Waals surface area contributed by atoms with E-state index in [2.05, 4.69) is 33.9 Å². The SMILES string of the molecule is CN(C(=O)n1cc[n+](C)c1)c1ccc(O[Si](C)(C)C(C)(C)C)cc1. The van der Waals surface area contributed by atoms with E-state index in [1.165, 1.54) is 0 Å². The highest BCUT2D eigenvalue weighted by Crippen LogP contribution is 2.37. The van der Waals surface area contributed by atoms with E-state index in [4.69, 9.17) is 4.43 Å². The fourth-order valence-corrected chi connectivity index (χ4v) is 3.06. The molecule has 1 aromatic heterocycles. The molecule has 0 N–H and O–H groups in total. The monoisotopic (exact) mass is 346 g/mol. The van der Waals surface area contributed by atoms with Crippen LogP contribution < -0.4 is 13.9 Å². The number of carbonyl (C=O) groups is 1. The number of hydrogen-bond donors (Lipinski definition) is 0. The Bertz CT molecular complexity index is 715. The van der Waals surface area contributed by atoms with E-state index in [-0.39, 0.29) is 11.1 Å². The minimum Gasteiger partial charge on any atom is -0.544 e. The molecule has 2 aromatic rings. The minimum absolute atomic E-state index is 0.103. The van der Waals surface area contributed by atoms with Crippen molar-refractivity contribution in [2.24, 2.45) is 7.05 Å². The zero-order valence-corrected chi connectivity index (χ0v) is 16.7.